The molecule has 2 saturated heterocycles. The van der Waals surface area contributed by atoms with Crippen LogP contribution in [0.1, 0.15) is 47.2 Å². The standard InChI is InChI=1S/C24H27FN4O2/c25-20-6-3-18-14-29(15-19(18)13-20)23(31)27-21-7-4-17(5-8-21)22(30)28-12-10-24(16-28)9-1-2-11-26-24/h3-8,13,26H,1-2,9-12,14-16H2,(H,27,31). The molecule has 2 aromatic carbocycles. The van der Waals surface area contributed by atoms with Crippen LogP contribution in [-0.4, -0.2) is 46.9 Å². The molecule has 1 spiro atoms. The average molecular weight is 423 g/mol. The van der Waals surface area contributed by atoms with Gasteiger partial charge in [-0.3, -0.25) is 4.79 Å². The fourth-order valence-corrected chi connectivity index (χ4v) is 5.01. The Morgan fingerprint density at radius 2 is 1.77 bits per heavy atom. The number of hydrogen-bond donors (Lipinski definition) is 2. The quantitative estimate of drug-likeness (QED) is 0.775. The second-order valence-corrected chi connectivity index (χ2v) is 8.92. The predicted octanol–water partition coefficient (Wildman–Crippen LogP) is 3.73. The number of carbonyl (C=O) groups is 2. The van der Waals surface area contributed by atoms with Crippen LogP contribution in [0.15, 0.2) is 42.5 Å². The summed E-state index contributed by atoms with van der Waals surface area (Å²) in [7, 11) is 0. The third-order valence-electron chi connectivity index (χ3n) is 6.78. The van der Waals surface area contributed by atoms with E-state index in [4.69, 9.17) is 0 Å². The predicted molar refractivity (Wildman–Crippen MR) is 116 cm³/mol. The minimum atomic E-state index is -0.288. The molecule has 3 amide bonds. The molecule has 0 bridgehead atoms. The summed E-state index contributed by atoms with van der Waals surface area (Å²) in [6.07, 6.45) is 4.58. The SMILES string of the molecule is O=C(Nc1ccc(C(=O)N2CCC3(CCCCN3)C2)cc1)N1Cc2ccc(F)cc2C1. The topological polar surface area (TPSA) is 64.7 Å². The Labute approximate surface area is 181 Å². The van der Waals surface area contributed by atoms with Crippen molar-refractivity contribution in [3.05, 3.63) is 65.0 Å². The summed E-state index contributed by atoms with van der Waals surface area (Å²) in [5, 5.41) is 6.50. The highest BCUT2D eigenvalue weighted by Crippen LogP contribution is 2.30. The van der Waals surface area contributed by atoms with Gasteiger partial charge in [-0.1, -0.05) is 12.5 Å². The molecule has 5 rings (SSSR count). The normalized spacial score (nSPS) is 22.6. The van der Waals surface area contributed by atoms with Crippen molar-refractivity contribution >= 4 is 17.6 Å². The summed E-state index contributed by atoms with van der Waals surface area (Å²) in [5.41, 5.74) is 3.17. The van der Waals surface area contributed by atoms with Gasteiger partial charge in [-0.25, -0.2) is 9.18 Å². The molecule has 2 fully saturated rings. The first-order valence-electron chi connectivity index (χ1n) is 11.0. The maximum Gasteiger partial charge on any atom is 0.322 e. The van der Waals surface area contributed by atoms with Gasteiger partial charge in [0.05, 0.1) is 0 Å². The molecule has 2 aromatic rings. The van der Waals surface area contributed by atoms with Crippen LogP contribution in [0.5, 0.6) is 0 Å². The van der Waals surface area contributed by atoms with Crippen molar-refractivity contribution in [2.75, 3.05) is 25.0 Å². The summed E-state index contributed by atoms with van der Waals surface area (Å²) in [4.78, 5) is 29.1. The third kappa shape index (κ3) is 4.02. The second kappa shape index (κ2) is 7.96. The maximum absolute atomic E-state index is 13.4. The van der Waals surface area contributed by atoms with Gasteiger partial charge in [-0.2, -0.15) is 0 Å². The maximum atomic E-state index is 13.4. The minimum Gasteiger partial charge on any atom is -0.337 e. The first kappa shape index (κ1) is 20.0. The highest BCUT2D eigenvalue weighted by molar-refractivity contribution is 5.96. The number of rotatable bonds is 2. The smallest absolute Gasteiger partial charge is 0.322 e. The molecule has 0 radical (unpaired) electrons. The Kier molecular flexibility index (Phi) is 5.14. The number of fused-ring (bicyclic) bond motifs is 1. The summed E-state index contributed by atoms with van der Waals surface area (Å²) >= 11 is 0. The summed E-state index contributed by atoms with van der Waals surface area (Å²) in [6.45, 7) is 3.43. The summed E-state index contributed by atoms with van der Waals surface area (Å²) < 4.78 is 13.4. The van der Waals surface area contributed by atoms with Gasteiger partial charge in [0, 0.05) is 43.0 Å². The molecule has 3 heterocycles. The number of benzene rings is 2. The van der Waals surface area contributed by atoms with Crippen LogP contribution < -0.4 is 10.6 Å². The third-order valence-corrected chi connectivity index (χ3v) is 6.78. The zero-order valence-electron chi connectivity index (χ0n) is 17.5. The lowest BCUT2D eigenvalue weighted by atomic mass is 9.88. The van der Waals surface area contributed by atoms with Crippen LogP contribution in [0, 0.1) is 5.82 Å². The Hall–Kier alpha value is -2.93. The van der Waals surface area contributed by atoms with Gasteiger partial charge in [0.25, 0.3) is 5.91 Å². The molecule has 7 heteroatoms. The number of halogens is 1. The monoisotopic (exact) mass is 422 g/mol. The average Bonchev–Trinajstić information content (AvgIpc) is 3.38. The molecule has 1 atom stereocenters. The number of amides is 3. The van der Waals surface area contributed by atoms with Crippen LogP contribution in [0.2, 0.25) is 0 Å². The molecule has 3 aliphatic rings. The molecular formula is C24H27FN4O2. The van der Waals surface area contributed by atoms with Gasteiger partial charge in [0.2, 0.25) is 0 Å². The van der Waals surface area contributed by atoms with Gasteiger partial charge < -0.3 is 20.4 Å². The Morgan fingerprint density at radius 3 is 2.55 bits per heavy atom. The zero-order valence-corrected chi connectivity index (χ0v) is 17.5. The van der Waals surface area contributed by atoms with E-state index in [9.17, 15) is 14.0 Å². The molecular weight excluding hydrogens is 395 g/mol. The van der Waals surface area contributed by atoms with Crippen LogP contribution >= 0.6 is 0 Å². The van der Waals surface area contributed by atoms with Gasteiger partial charge >= 0.3 is 6.03 Å². The Balaban J connectivity index is 1.19. The van der Waals surface area contributed by atoms with E-state index in [2.05, 4.69) is 10.6 Å². The first-order valence-corrected chi connectivity index (χ1v) is 11.0. The first-order chi connectivity index (χ1) is 15.0. The van der Waals surface area contributed by atoms with Gasteiger partial charge in [-0.15, -0.1) is 0 Å². The largest absolute Gasteiger partial charge is 0.337 e. The molecule has 2 N–H and O–H groups in total. The van der Waals surface area contributed by atoms with Crippen LogP contribution in [0.25, 0.3) is 0 Å². The van der Waals surface area contributed by atoms with Crippen molar-refractivity contribution in [2.24, 2.45) is 0 Å². The fraction of sp³-hybridized carbons (Fsp3) is 0.417. The van der Waals surface area contributed by atoms with Crippen molar-refractivity contribution in [1.82, 2.24) is 15.1 Å². The van der Waals surface area contributed by atoms with Crippen molar-refractivity contribution in [2.45, 2.75) is 44.3 Å². The van der Waals surface area contributed by atoms with Crippen LogP contribution in [0.4, 0.5) is 14.9 Å². The van der Waals surface area contributed by atoms with Crippen molar-refractivity contribution in [1.29, 1.82) is 0 Å². The van der Waals surface area contributed by atoms with E-state index in [-0.39, 0.29) is 23.3 Å². The zero-order chi connectivity index (χ0) is 21.4. The van der Waals surface area contributed by atoms with E-state index in [1.165, 1.54) is 25.0 Å². The summed E-state index contributed by atoms with van der Waals surface area (Å²) in [5.74, 6) is -0.247. The lowest BCUT2D eigenvalue weighted by Crippen LogP contribution is -2.50. The second-order valence-electron chi connectivity index (χ2n) is 8.92. The molecule has 162 valence electrons. The lowest BCUT2D eigenvalue weighted by molar-refractivity contribution is 0.0775. The molecule has 0 aromatic heterocycles. The lowest BCUT2D eigenvalue weighted by Gasteiger charge is -2.34. The van der Waals surface area contributed by atoms with E-state index in [0.29, 0.717) is 24.3 Å². The number of carbonyl (C=O) groups excluding carboxylic acids is 2. The number of urea groups is 1. The van der Waals surface area contributed by atoms with E-state index in [1.54, 1.807) is 35.2 Å². The van der Waals surface area contributed by atoms with Gasteiger partial charge in [-0.05, 0) is 73.3 Å². The van der Waals surface area contributed by atoms with E-state index in [1.807, 2.05) is 4.90 Å². The molecule has 1 unspecified atom stereocenters. The van der Waals surface area contributed by atoms with Crippen molar-refractivity contribution < 1.29 is 14.0 Å². The highest BCUT2D eigenvalue weighted by Gasteiger charge is 2.40. The molecule has 3 aliphatic heterocycles. The molecule has 31 heavy (non-hydrogen) atoms. The molecule has 6 nitrogen and oxygen atoms in total. The number of likely N-dealkylation sites (tertiary alicyclic amines) is 1. The summed E-state index contributed by atoms with van der Waals surface area (Å²) in [6, 6.07) is 11.5. The fourth-order valence-electron chi connectivity index (χ4n) is 5.01. The van der Waals surface area contributed by atoms with Crippen molar-refractivity contribution in [3.63, 3.8) is 0 Å². The highest BCUT2D eigenvalue weighted by atomic mass is 19.1. The molecule has 0 saturated carbocycles. The van der Waals surface area contributed by atoms with E-state index in [0.717, 1.165) is 43.6 Å². The van der Waals surface area contributed by atoms with E-state index < -0.39 is 0 Å². The van der Waals surface area contributed by atoms with E-state index >= 15 is 0 Å². The van der Waals surface area contributed by atoms with Crippen LogP contribution in [0.3, 0.4) is 0 Å². The number of hydrogen-bond acceptors (Lipinski definition) is 3. The number of nitrogens with one attached hydrogen (secondary N) is 2. The van der Waals surface area contributed by atoms with Crippen LogP contribution in [-0.2, 0) is 13.1 Å². The minimum absolute atomic E-state index is 0.0409. The molecule has 0 aliphatic carbocycles. The Morgan fingerprint density at radius 1 is 0.968 bits per heavy atom. The Bertz CT molecular complexity index is 1000. The number of nitrogens with zero attached hydrogens (tertiary/aromatic N) is 2. The number of anilines is 1. The van der Waals surface area contributed by atoms with Crippen molar-refractivity contribution in [3.8, 4) is 0 Å². The van der Waals surface area contributed by atoms with Gasteiger partial charge in [0.15, 0.2) is 0 Å². The number of piperidine rings is 1. The van der Waals surface area contributed by atoms with Gasteiger partial charge in [0.1, 0.15) is 5.82 Å².